The van der Waals surface area contributed by atoms with E-state index < -0.39 is 0 Å². The number of rotatable bonds is 7. The molecule has 0 radical (unpaired) electrons. The third kappa shape index (κ3) is 6.20. The SMILES string of the molecule is C=CC(C)C(N)N(C)CN(C)CC(C)S. The Balaban J connectivity index is 4.00. The molecule has 90 valence electrons. The lowest BCUT2D eigenvalue weighted by Crippen LogP contribution is -2.48. The van der Waals surface area contributed by atoms with Crippen molar-refractivity contribution in [3.05, 3.63) is 12.7 Å². The van der Waals surface area contributed by atoms with E-state index in [2.05, 4.69) is 49.9 Å². The molecule has 0 fully saturated rings. The lowest BCUT2D eigenvalue weighted by atomic mass is 10.1. The third-order valence-corrected chi connectivity index (χ3v) is 2.62. The number of nitrogens with zero attached hydrogens (tertiary/aromatic N) is 2. The van der Waals surface area contributed by atoms with Crippen molar-refractivity contribution < 1.29 is 0 Å². The molecule has 3 atom stereocenters. The molecule has 4 heteroatoms. The smallest absolute Gasteiger partial charge is 0.0641 e. The van der Waals surface area contributed by atoms with Crippen molar-refractivity contribution in [1.82, 2.24) is 9.80 Å². The van der Waals surface area contributed by atoms with Crippen molar-refractivity contribution in [3.63, 3.8) is 0 Å². The molecule has 0 aliphatic rings. The Morgan fingerprint density at radius 2 is 1.93 bits per heavy atom. The van der Waals surface area contributed by atoms with Gasteiger partial charge in [-0.2, -0.15) is 12.6 Å². The van der Waals surface area contributed by atoms with Crippen LogP contribution in [0.5, 0.6) is 0 Å². The number of hydrogen-bond donors (Lipinski definition) is 2. The van der Waals surface area contributed by atoms with Gasteiger partial charge in [0.25, 0.3) is 0 Å². The van der Waals surface area contributed by atoms with E-state index in [1.807, 2.05) is 13.1 Å². The summed E-state index contributed by atoms with van der Waals surface area (Å²) in [5.74, 6) is 0.303. The molecule has 3 unspecified atom stereocenters. The van der Waals surface area contributed by atoms with Crippen LogP contribution in [0.4, 0.5) is 0 Å². The predicted molar refractivity (Wildman–Crippen MR) is 71.0 cm³/mol. The molecule has 0 aromatic carbocycles. The highest BCUT2D eigenvalue weighted by Crippen LogP contribution is 2.06. The fourth-order valence-corrected chi connectivity index (χ4v) is 1.80. The normalized spacial score (nSPS) is 17.9. The topological polar surface area (TPSA) is 32.5 Å². The van der Waals surface area contributed by atoms with Crippen molar-refractivity contribution in [2.75, 3.05) is 27.3 Å². The molecule has 0 bridgehead atoms. The molecule has 0 spiro atoms. The molecule has 0 aliphatic heterocycles. The van der Waals surface area contributed by atoms with Gasteiger partial charge in [-0.3, -0.25) is 9.80 Å². The molecule has 3 nitrogen and oxygen atoms in total. The third-order valence-electron chi connectivity index (χ3n) is 2.46. The van der Waals surface area contributed by atoms with E-state index in [0.29, 0.717) is 11.2 Å². The van der Waals surface area contributed by atoms with Crippen LogP contribution in [-0.4, -0.2) is 48.5 Å². The summed E-state index contributed by atoms with van der Waals surface area (Å²) < 4.78 is 0. The summed E-state index contributed by atoms with van der Waals surface area (Å²) >= 11 is 4.36. The second-order valence-corrected chi connectivity index (χ2v) is 5.25. The Kier molecular flexibility index (Phi) is 7.26. The van der Waals surface area contributed by atoms with Crippen LogP contribution in [0.25, 0.3) is 0 Å². The fraction of sp³-hybridized carbons (Fsp3) is 0.818. The fourth-order valence-electron chi connectivity index (χ4n) is 1.52. The van der Waals surface area contributed by atoms with E-state index in [0.717, 1.165) is 13.2 Å². The maximum atomic E-state index is 6.06. The number of nitrogens with two attached hydrogens (primary N) is 1. The second-order valence-electron chi connectivity index (χ2n) is 4.37. The predicted octanol–water partition coefficient (Wildman–Crippen LogP) is 1.23. The highest BCUT2D eigenvalue weighted by atomic mass is 32.1. The molecule has 0 saturated carbocycles. The maximum Gasteiger partial charge on any atom is 0.0641 e. The Bertz CT molecular complexity index is 185. The quantitative estimate of drug-likeness (QED) is 0.393. The lowest BCUT2D eigenvalue weighted by molar-refractivity contribution is 0.123. The van der Waals surface area contributed by atoms with Gasteiger partial charge in [0.15, 0.2) is 0 Å². The van der Waals surface area contributed by atoms with Gasteiger partial charge in [0.1, 0.15) is 0 Å². The van der Waals surface area contributed by atoms with Gasteiger partial charge in [0.2, 0.25) is 0 Å². The lowest BCUT2D eigenvalue weighted by Gasteiger charge is -2.32. The highest BCUT2D eigenvalue weighted by Gasteiger charge is 2.16. The zero-order valence-corrected chi connectivity index (χ0v) is 11.2. The Morgan fingerprint density at radius 1 is 1.40 bits per heavy atom. The molecular weight excluding hydrogens is 206 g/mol. The van der Waals surface area contributed by atoms with Crippen LogP contribution < -0.4 is 5.73 Å². The molecule has 0 heterocycles. The van der Waals surface area contributed by atoms with Crippen LogP contribution in [0.15, 0.2) is 12.7 Å². The van der Waals surface area contributed by atoms with Crippen molar-refractivity contribution in [1.29, 1.82) is 0 Å². The summed E-state index contributed by atoms with van der Waals surface area (Å²) in [4.78, 5) is 4.34. The molecule has 0 rings (SSSR count). The molecule has 15 heavy (non-hydrogen) atoms. The maximum absolute atomic E-state index is 6.06. The zero-order valence-electron chi connectivity index (χ0n) is 10.3. The van der Waals surface area contributed by atoms with Crippen LogP contribution >= 0.6 is 12.6 Å². The molecular formula is C11H25N3S. The molecule has 0 saturated heterocycles. The van der Waals surface area contributed by atoms with Crippen molar-refractivity contribution in [3.8, 4) is 0 Å². The van der Waals surface area contributed by atoms with Crippen LogP contribution in [0.2, 0.25) is 0 Å². The molecule has 0 amide bonds. The summed E-state index contributed by atoms with van der Waals surface area (Å²) in [6.45, 7) is 9.74. The Morgan fingerprint density at radius 3 is 2.33 bits per heavy atom. The standard InChI is InChI=1S/C11H25N3S/c1-6-9(2)11(12)14(5)8-13(4)7-10(3)15/h6,9-11,15H,1,7-8,12H2,2-5H3. The van der Waals surface area contributed by atoms with Gasteiger partial charge in [-0.25, -0.2) is 0 Å². The highest BCUT2D eigenvalue weighted by molar-refractivity contribution is 7.80. The zero-order chi connectivity index (χ0) is 12.0. The Hall–Kier alpha value is -0.0300. The van der Waals surface area contributed by atoms with E-state index in [9.17, 15) is 0 Å². The van der Waals surface area contributed by atoms with Gasteiger partial charge < -0.3 is 5.73 Å². The molecule has 0 aliphatic carbocycles. The van der Waals surface area contributed by atoms with Gasteiger partial charge in [-0.15, -0.1) is 6.58 Å². The van der Waals surface area contributed by atoms with Crippen molar-refractivity contribution in [2.24, 2.45) is 11.7 Å². The molecule has 0 aromatic rings. The minimum absolute atomic E-state index is 0.0279. The average molecular weight is 231 g/mol. The summed E-state index contributed by atoms with van der Waals surface area (Å²) in [7, 11) is 4.11. The summed E-state index contributed by atoms with van der Waals surface area (Å²) in [6.07, 6.45) is 1.92. The monoisotopic (exact) mass is 231 g/mol. The summed E-state index contributed by atoms with van der Waals surface area (Å²) in [5.41, 5.74) is 6.06. The first-order chi connectivity index (χ1) is 6.88. The first-order valence-corrected chi connectivity index (χ1v) is 5.85. The minimum atomic E-state index is 0.0279. The van der Waals surface area contributed by atoms with Crippen LogP contribution in [0.3, 0.4) is 0 Å². The molecule has 0 aromatic heterocycles. The number of thiol groups is 1. The van der Waals surface area contributed by atoms with Gasteiger partial charge in [-0.1, -0.05) is 19.9 Å². The van der Waals surface area contributed by atoms with E-state index in [1.54, 1.807) is 0 Å². The van der Waals surface area contributed by atoms with Gasteiger partial charge >= 0.3 is 0 Å². The van der Waals surface area contributed by atoms with Gasteiger partial charge in [-0.05, 0) is 14.1 Å². The van der Waals surface area contributed by atoms with Crippen molar-refractivity contribution >= 4 is 12.6 Å². The largest absolute Gasteiger partial charge is 0.315 e. The van der Waals surface area contributed by atoms with Gasteiger partial charge in [0.05, 0.1) is 12.8 Å². The second kappa shape index (κ2) is 7.28. The first-order valence-electron chi connectivity index (χ1n) is 5.33. The molecule has 2 N–H and O–H groups in total. The van der Waals surface area contributed by atoms with E-state index in [1.165, 1.54) is 0 Å². The van der Waals surface area contributed by atoms with Gasteiger partial charge in [0, 0.05) is 17.7 Å². The van der Waals surface area contributed by atoms with Crippen molar-refractivity contribution in [2.45, 2.75) is 25.3 Å². The first kappa shape index (κ1) is 15.0. The van der Waals surface area contributed by atoms with Crippen LogP contribution in [0, 0.1) is 5.92 Å². The van der Waals surface area contributed by atoms with Crippen LogP contribution in [0.1, 0.15) is 13.8 Å². The van der Waals surface area contributed by atoms with E-state index in [-0.39, 0.29) is 6.17 Å². The summed E-state index contributed by atoms with van der Waals surface area (Å²) in [6, 6.07) is 0. The number of hydrogen-bond acceptors (Lipinski definition) is 4. The van der Waals surface area contributed by atoms with Crippen LogP contribution in [-0.2, 0) is 0 Å². The Labute approximate surface area is 99.7 Å². The minimum Gasteiger partial charge on any atom is -0.315 e. The van der Waals surface area contributed by atoms with E-state index in [4.69, 9.17) is 5.73 Å². The summed E-state index contributed by atoms with van der Waals surface area (Å²) in [5, 5.41) is 0.386. The average Bonchev–Trinajstić information content (AvgIpc) is 2.13. The van der Waals surface area contributed by atoms with E-state index >= 15 is 0 Å².